The molecule has 3 aromatic rings. The average molecular weight is 365 g/mol. The van der Waals surface area contributed by atoms with E-state index in [2.05, 4.69) is 44.3 Å². The Morgan fingerprint density at radius 3 is 2.33 bits per heavy atom. The highest BCUT2D eigenvalue weighted by molar-refractivity contribution is 5.51. The number of hydrogen-bond donors (Lipinski definition) is 1. The molecule has 2 aromatic carbocycles. The fourth-order valence-corrected chi connectivity index (χ4v) is 2.92. The van der Waals surface area contributed by atoms with Crippen molar-refractivity contribution in [3.8, 4) is 17.2 Å². The Kier molecular flexibility index (Phi) is 5.40. The number of benzene rings is 2. The number of nitrogens with one attached hydrogen (secondary N) is 1. The third kappa shape index (κ3) is 4.08. The van der Waals surface area contributed by atoms with Gasteiger partial charge in [0.2, 0.25) is 0 Å². The minimum Gasteiger partial charge on any atom is -0.493 e. The van der Waals surface area contributed by atoms with Gasteiger partial charge in [0.25, 0.3) is 0 Å². The molecule has 0 saturated heterocycles. The van der Waals surface area contributed by atoms with Crippen LogP contribution in [0.5, 0.6) is 11.5 Å². The zero-order chi connectivity index (χ0) is 19.4. The summed E-state index contributed by atoms with van der Waals surface area (Å²) in [7, 11) is 3.31. The quantitative estimate of drug-likeness (QED) is 0.682. The molecule has 0 aliphatic heterocycles. The van der Waals surface area contributed by atoms with Crippen LogP contribution in [-0.4, -0.2) is 24.0 Å². The Hall–Kier alpha value is -2.95. The Labute approximate surface area is 160 Å². The first kappa shape index (κ1) is 18.8. The lowest BCUT2D eigenvalue weighted by molar-refractivity contribution is 0.352. The maximum Gasteiger partial charge on any atom is 0.165 e. The number of hydrogen-bond acceptors (Lipinski definition) is 4. The van der Waals surface area contributed by atoms with E-state index in [0.29, 0.717) is 6.54 Å². The van der Waals surface area contributed by atoms with Crippen LogP contribution in [0, 0.1) is 0 Å². The summed E-state index contributed by atoms with van der Waals surface area (Å²) in [5.74, 6) is 2.41. The molecular formula is C22H27N3O2. The summed E-state index contributed by atoms with van der Waals surface area (Å²) in [6.45, 7) is 7.10. The number of anilines is 1. The summed E-state index contributed by atoms with van der Waals surface area (Å²) in [6, 6.07) is 18.1. The van der Waals surface area contributed by atoms with E-state index < -0.39 is 0 Å². The van der Waals surface area contributed by atoms with Gasteiger partial charge in [0.05, 0.1) is 25.6 Å². The highest BCUT2D eigenvalue weighted by atomic mass is 16.5. The third-order valence-electron chi connectivity index (χ3n) is 4.42. The number of rotatable bonds is 6. The lowest BCUT2D eigenvalue weighted by Gasteiger charge is -2.14. The van der Waals surface area contributed by atoms with Crippen molar-refractivity contribution in [3.05, 3.63) is 65.9 Å². The molecule has 5 nitrogen and oxygen atoms in total. The van der Waals surface area contributed by atoms with Crippen LogP contribution in [-0.2, 0) is 12.0 Å². The van der Waals surface area contributed by atoms with Gasteiger partial charge < -0.3 is 14.8 Å². The van der Waals surface area contributed by atoms with Crippen LogP contribution in [0.1, 0.15) is 32.0 Å². The van der Waals surface area contributed by atoms with E-state index in [0.717, 1.165) is 34.3 Å². The predicted molar refractivity (Wildman–Crippen MR) is 109 cm³/mol. The van der Waals surface area contributed by atoms with Crippen LogP contribution >= 0.6 is 0 Å². The third-order valence-corrected chi connectivity index (χ3v) is 4.42. The number of methoxy groups -OCH3 is 2. The van der Waals surface area contributed by atoms with Crippen LogP contribution in [0.25, 0.3) is 5.69 Å². The molecule has 0 spiro atoms. The van der Waals surface area contributed by atoms with Gasteiger partial charge in [-0.05, 0) is 18.2 Å². The van der Waals surface area contributed by atoms with Crippen molar-refractivity contribution in [1.29, 1.82) is 0 Å². The highest BCUT2D eigenvalue weighted by Crippen LogP contribution is 2.32. The molecule has 0 amide bonds. The van der Waals surface area contributed by atoms with Gasteiger partial charge in [0, 0.05) is 23.6 Å². The maximum absolute atomic E-state index is 5.54. The largest absolute Gasteiger partial charge is 0.493 e. The van der Waals surface area contributed by atoms with Gasteiger partial charge in [-0.15, -0.1) is 0 Å². The van der Waals surface area contributed by atoms with E-state index in [1.165, 1.54) is 0 Å². The summed E-state index contributed by atoms with van der Waals surface area (Å²) in [5, 5.41) is 8.35. The van der Waals surface area contributed by atoms with E-state index in [4.69, 9.17) is 14.6 Å². The minimum absolute atomic E-state index is 0.0376. The second-order valence-corrected chi connectivity index (χ2v) is 7.42. The molecule has 0 saturated carbocycles. The van der Waals surface area contributed by atoms with Crippen molar-refractivity contribution in [1.82, 2.24) is 9.78 Å². The number of para-hydroxylation sites is 2. The summed E-state index contributed by atoms with van der Waals surface area (Å²) >= 11 is 0. The van der Waals surface area contributed by atoms with Crippen molar-refractivity contribution in [3.63, 3.8) is 0 Å². The Bertz CT molecular complexity index is 896. The molecule has 0 fully saturated rings. The normalized spacial score (nSPS) is 11.3. The molecule has 0 aliphatic rings. The fourth-order valence-electron chi connectivity index (χ4n) is 2.92. The van der Waals surface area contributed by atoms with E-state index >= 15 is 0 Å². The lowest BCUT2D eigenvalue weighted by Crippen LogP contribution is -2.12. The standard InChI is InChI=1S/C22H27N3O2/c1-22(2,3)19-14-20(25(24-19)17-11-7-6-8-12-17)23-15-16-10-9-13-18(26-4)21(16)27-5/h6-14,23H,15H2,1-5H3. The first-order valence-electron chi connectivity index (χ1n) is 9.03. The van der Waals surface area contributed by atoms with E-state index in [9.17, 15) is 0 Å². The molecule has 0 radical (unpaired) electrons. The van der Waals surface area contributed by atoms with Crippen LogP contribution in [0.4, 0.5) is 5.82 Å². The second-order valence-electron chi connectivity index (χ2n) is 7.42. The van der Waals surface area contributed by atoms with Crippen LogP contribution in [0.2, 0.25) is 0 Å². The topological polar surface area (TPSA) is 48.3 Å². The van der Waals surface area contributed by atoms with E-state index in [1.807, 2.05) is 41.1 Å². The van der Waals surface area contributed by atoms with E-state index in [-0.39, 0.29) is 5.41 Å². The SMILES string of the molecule is COc1cccc(CNc2cc(C(C)(C)C)nn2-c2ccccc2)c1OC. The number of nitrogens with zero attached hydrogens (tertiary/aromatic N) is 2. The van der Waals surface area contributed by atoms with Crippen molar-refractivity contribution in [2.75, 3.05) is 19.5 Å². The smallest absolute Gasteiger partial charge is 0.165 e. The first-order valence-corrected chi connectivity index (χ1v) is 9.03. The molecule has 0 atom stereocenters. The van der Waals surface area contributed by atoms with Gasteiger partial charge in [-0.1, -0.05) is 51.1 Å². The van der Waals surface area contributed by atoms with Gasteiger partial charge >= 0.3 is 0 Å². The lowest BCUT2D eigenvalue weighted by atomic mass is 9.92. The summed E-state index contributed by atoms with van der Waals surface area (Å²) in [6.07, 6.45) is 0. The number of aromatic nitrogens is 2. The van der Waals surface area contributed by atoms with Crippen LogP contribution in [0.3, 0.4) is 0 Å². The van der Waals surface area contributed by atoms with Crippen molar-refractivity contribution in [2.24, 2.45) is 0 Å². The Morgan fingerprint density at radius 1 is 0.963 bits per heavy atom. The van der Waals surface area contributed by atoms with E-state index in [1.54, 1.807) is 14.2 Å². The molecule has 1 heterocycles. The molecule has 5 heteroatoms. The van der Waals surface area contributed by atoms with Gasteiger partial charge in [-0.25, -0.2) is 4.68 Å². The summed E-state index contributed by atoms with van der Waals surface area (Å²) < 4.78 is 12.9. The minimum atomic E-state index is -0.0376. The molecule has 0 aliphatic carbocycles. The summed E-state index contributed by atoms with van der Waals surface area (Å²) in [5.41, 5.74) is 3.04. The molecule has 3 rings (SSSR count). The molecule has 0 unspecified atom stereocenters. The first-order chi connectivity index (χ1) is 12.9. The molecule has 142 valence electrons. The highest BCUT2D eigenvalue weighted by Gasteiger charge is 2.21. The molecule has 1 aromatic heterocycles. The fraction of sp³-hybridized carbons (Fsp3) is 0.318. The zero-order valence-electron chi connectivity index (χ0n) is 16.6. The van der Waals surface area contributed by atoms with Gasteiger partial charge in [0.1, 0.15) is 5.82 Å². The van der Waals surface area contributed by atoms with Crippen molar-refractivity contribution < 1.29 is 9.47 Å². The van der Waals surface area contributed by atoms with Crippen molar-refractivity contribution >= 4 is 5.82 Å². The van der Waals surface area contributed by atoms with Gasteiger partial charge in [-0.2, -0.15) is 5.10 Å². The van der Waals surface area contributed by atoms with Gasteiger partial charge in [-0.3, -0.25) is 0 Å². The van der Waals surface area contributed by atoms with Gasteiger partial charge in [0.15, 0.2) is 11.5 Å². The Balaban J connectivity index is 1.94. The van der Waals surface area contributed by atoms with Crippen LogP contribution in [0.15, 0.2) is 54.6 Å². The van der Waals surface area contributed by atoms with Crippen molar-refractivity contribution in [2.45, 2.75) is 32.7 Å². The molecule has 1 N–H and O–H groups in total. The maximum atomic E-state index is 5.54. The molecule has 27 heavy (non-hydrogen) atoms. The second kappa shape index (κ2) is 7.74. The monoisotopic (exact) mass is 365 g/mol. The Morgan fingerprint density at radius 2 is 1.70 bits per heavy atom. The molecule has 0 bridgehead atoms. The van der Waals surface area contributed by atoms with Crippen LogP contribution < -0.4 is 14.8 Å². The molecular weight excluding hydrogens is 338 g/mol. The number of ether oxygens (including phenoxy) is 2. The zero-order valence-corrected chi connectivity index (χ0v) is 16.6. The summed E-state index contributed by atoms with van der Waals surface area (Å²) in [4.78, 5) is 0. The average Bonchev–Trinajstić information content (AvgIpc) is 3.11. The predicted octanol–water partition coefficient (Wildman–Crippen LogP) is 4.80.